The van der Waals surface area contributed by atoms with Crippen molar-refractivity contribution in [1.29, 1.82) is 0 Å². The highest BCUT2D eigenvalue weighted by Gasteiger charge is 2.48. The van der Waals surface area contributed by atoms with Gasteiger partial charge < -0.3 is 5.73 Å². The Balaban J connectivity index is 2.41. The summed E-state index contributed by atoms with van der Waals surface area (Å²) in [6.45, 7) is 11.7. The summed E-state index contributed by atoms with van der Waals surface area (Å²) < 4.78 is 13.6. The number of nitrogen functional groups attached to an aromatic ring is 1. The molecule has 2 N–H and O–H groups in total. The number of hydrogen-bond donors (Lipinski definition) is 1. The van der Waals surface area contributed by atoms with Crippen LogP contribution in [-0.4, -0.2) is 6.71 Å². The minimum atomic E-state index is -0.212. The first-order chi connectivity index (χ1) is 8.14. The van der Waals surface area contributed by atoms with Crippen molar-refractivity contribution >= 4 is 17.9 Å². The number of benzene rings is 1. The number of rotatable bonds is 1. The van der Waals surface area contributed by atoms with Crippen LogP contribution in [0.1, 0.15) is 33.3 Å². The molecule has 0 unspecified atom stereocenters. The van der Waals surface area contributed by atoms with Crippen LogP contribution in [0.3, 0.4) is 0 Å². The van der Waals surface area contributed by atoms with E-state index in [4.69, 9.17) is 5.73 Å². The molecular formula is C15H23BFN. The van der Waals surface area contributed by atoms with E-state index in [2.05, 4.69) is 27.7 Å². The highest BCUT2D eigenvalue weighted by atomic mass is 19.1. The van der Waals surface area contributed by atoms with E-state index in [0.717, 1.165) is 23.7 Å². The second kappa shape index (κ2) is 4.01. The molecule has 2 rings (SSSR count). The van der Waals surface area contributed by atoms with Gasteiger partial charge in [-0.2, -0.15) is 0 Å². The zero-order chi connectivity index (χ0) is 13.7. The minimum Gasteiger partial charge on any atom is -0.398 e. The maximum Gasteiger partial charge on any atom is 0.177 e. The number of hydrogen-bond acceptors (Lipinski definition) is 1. The zero-order valence-electron chi connectivity index (χ0n) is 12.1. The van der Waals surface area contributed by atoms with Crippen LogP contribution in [0.4, 0.5) is 10.1 Å². The van der Waals surface area contributed by atoms with E-state index in [1.807, 2.05) is 6.92 Å². The second-order valence-corrected chi connectivity index (χ2v) is 7.08. The molecule has 0 aromatic heterocycles. The molecule has 1 aliphatic rings. The lowest BCUT2D eigenvalue weighted by Crippen LogP contribution is -2.31. The van der Waals surface area contributed by atoms with E-state index in [1.165, 1.54) is 6.07 Å². The van der Waals surface area contributed by atoms with Gasteiger partial charge in [-0.1, -0.05) is 45.8 Å². The highest BCUT2D eigenvalue weighted by Crippen LogP contribution is 2.52. The molecule has 0 bridgehead atoms. The summed E-state index contributed by atoms with van der Waals surface area (Å²) >= 11 is 0. The van der Waals surface area contributed by atoms with Crippen LogP contribution in [0.15, 0.2) is 12.1 Å². The Bertz CT molecular complexity index is 464. The average molecular weight is 247 g/mol. The topological polar surface area (TPSA) is 26.0 Å². The van der Waals surface area contributed by atoms with Gasteiger partial charge in [-0.25, -0.2) is 4.39 Å². The first-order valence-electron chi connectivity index (χ1n) is 6.69. The molecule has 0 aliphatic carbocycles. The Hall–Kier alpha value is -0.985. The molecule has 0 amide bonds. The molecule has 98 valence electrons. The Morgan fingerprint density at radius 1 is 1.11 bits per heavy atom. The Labute approximate surface area is 110 Å². The Morgan fingerprint density at radius 2 is 1.61 bits per heavy atom. The predicted molar refractivity (Wildman–Crippen MR) is 78.1 cm³/mol. The van der Waals surface area contributed by atoms with Gasteiger partial charge in [0.25, 0.3) is 0 Å². The molecule has 18 heavy (non-hydrogen) atoms. The van der Waals surface area contributed by atoms with Gasteiger partial charge in [0.2, 0.25) is 0 Å². The Kier molecular flexibility index (Phi) is 2.99. The number of nitrogens with two attached hydrogens (primary N) is 1. The van der Waals surface area contributed by atoms with Crippen LogP contribution < -0.4 is 11.2 Å². The summed E-state index contributed by atoms with van der Waals surface area (Å²) in [6.07, 6.45) is 2.20. The summed E-state index contributed by atoms with van der Waals surface area (Å²) in [7, 11) is 0. The van der Waals surface area contributed by atoms with Crippen LogP contribution in [0.25, 0.3) is 0 Å². The average Bonchev–Trinajstić information content (AvgIpc) is 2.42. The molecule has 3 heteroatoms. The van der Waals surface area contributed by atoms with Crippen molar-refractivity contribution in [2.24, 2.45) is 10.8 Å². The van der Waals surface area contributed by atoms with E-state index in [9.17, 15) is 4.39 Å². The van der Waals surface area contributed by atoms with Gasteiger partial charge >= 0.3 is 0 Å². The van der Waals surface area contributed by atoms with Gasteiger partial charge in [0.05, 0.1) is 0 Å². The van der Waals surface area contributed by atoms with E-state index < -0.39 is 0 Å². The SMILES string of the molecule is Cc1c(N)cc(F)cc1B1CC(C)(C)C(C)(C)C1. The third-order valence-electron chi connectivity index (χ3n) is 5.24. The quantitative estimate of drug-likeness (QED) is 0.596. The van der Waals surface area contributed by atoms with Crippen molar-refractivity contribution < 1.29 is 4.39 Å². The van der Waals surface area contributed by atoms with Crippen molar-refractivity contribution in [1.82, 2.24) is 0 Å². The van der Waals surface area contributed by atoms with Gasteiger partial charge in [0.15, 0.2) is 6.71 Å². The molecule has 0 saturated carbocycles. The van der Waals surface area contributed by atoms with Crippen molar-refractivity contribution in [3.63, 3.8) is 0 Å². The largest absolute Gasteiger partial charge is 0.398 e. The summed E-state index contributed by atoms with van der Waals surface area (Å²) in [5.74, 6) is -0.212. The van der Waals surface area contributed by atoms with Crippen molar-refractivity contribution in [2.45, 2.75) is 47.3 Å². The molecule has 1 aliphatic heterocycles. The lowest BCUT2D eigenvalue weighted by Gasteiger charge is -2.35. The van der Waals surface area contributed by atoms with E-state index in [-0.39, 0.29) is 16.6 Å². The predicted octanol–water partition coefficient (Wildman–Crippen LogP) is 3.48. The molecule has 1 aromatic carbocycles. The minimum absolute atomic E-state index is 0.212. The highest BCUT2D eigenvalue weighted by molar-refractivity contribution is 6.74. The van der Waals surface area contributed by atoms with Crippen molar-refractivity contribution in [3.05, 3.63) is 23.5 Å². The second-order valence-electron chi connectivity index (χ2n) is 7.08. The van der Waals surface area contributed by atoms with Crippen LogP contribution >= 0.6 is 0 Å². The van der Waals surface area contributed by atoms with Crippen molar-refractivity contribution in [3.8, 4) is 0 Å². The third-order valence-corrected chi connectivity index (χ3v) is 5.24. The van der Waals surface area contributed by atoms with E-state index in [1.54, 1.807) is 6.07 Å². The summed E-state index contributed by atoms with van der Waals surface area (Å²) in [4.78, 5) is 0. The van der Waals surface area contributed by atoms with E-state index >= 15 is 0 Å². The molecule has 1 nitrogen and oxygen atoms in total. The standard InChI is InChI=1S/C15H23BFN/c1-10-12(6-11(17)7-13(10)18)16-8-14(2,3)15(4,5)9-16/h6-7H,8-9,18H2,1-5H3. The van der Waals surface area contributed by atoms with Gasteiger partial charge in [0.1, 0.15) is 5.82 Å². The summed E-state index contributed by atoms with van der Waals surface area (Å²) in [6, 6.07) is 3.10. The van der Waals surface area contributed by atoms with Crippen LogP contribution in [-0.2, 0) is 0 Å². The van der Waals surface area contributed by atoms with E-state index in [0.29, 0.717) is 12.4 Å². The number of anilines is 1. The zero-order valence-corrected chi connectivity index (χ0v) is 12.1. The Morgan fingerprint density at radius 3 is 2.11 bits per heavy atom. The van der Waals surface area contributed by atoms with Gasteiger partial charge in [-0.3, -0.25) is 0 Å². The maximum absolute atomic E-state index is 13.6. The molecule has 0 atom stereocenters. The normalized spacial score (nSPS) is 21.3. The molecule has 0 radical (unpaired) electrons. The van der Waals surface area contributed by atoms with Crippen LogP contribution in [0.5, 0.6) is 0 Å². The summed E-state index contributed by atoms with van der Waals surface area (Å²) in [5.41, 5.74) is 9.18. The lowest BCUT2D eigenvalue weighted by molar-refractivity contribution is 0.177. The smallest absolute Gasteiger partial charge is 0.177 e. The third kappa shape index (κ3) is 2.04. The lowest BCUT2D eigenvalue weighted by atomic mass is 9.41. The molecule has 1 aromatic rings. The van der Waals surface area contributed by atoms with Crippen LogP contribution in [0, 0.1) is 23.6 Å². The summed E-state index contributed by atoms with van der Waals surface area (Å²) in [5, 5.41) is 0. The van der Waals surface area contributed by atoms with Gasteiger partial charge in [0, 0.05) is 5.69 Å². The molecule has 1 saturated heterocycles. The first kappa shape index (κ1) is 13.4. The molecule has 1 fully saturated rings. The van der Waals surface area contributed by atoms with Crippen LogP contribution in [0.2, 0.25) is 12.6 Å². The first-order valence-corrected chi connectivity index (χ1v) is 6.69. The van der Waals surface area contributed by atoms with Crippen molar-refractivity contribution in [2.75, 3.05) is 5.73 Å². The molecule has 0 spiro atoms. The fourth-order valence-electron chi connectivity index (χ4n) is 3.22. The number of halogens is 1. The van der Waals surface area contributed by atoms with Gasteiger partial charge in [-0.05, 0) is 35.4 Å². The fraction of sp³-hybridized carbons (Fsp3) is 0.600. The monoisotopic (exact) mass is 247 g/mol. The molecular weight excluding hydrogens is 224 g/mol. The van der Waals surface area contributed by atoms with Gasteiger partial charge in [-0.15, -0.1) is 0 Å². The molecule has 1 heterocycles. The fourth-order valence-corrected chi connectivity index (χ4v) is 3.22. The maximum atomic E-state index is 13.6.